The minimum absolute atomic E-state index is 0.0382. The Morgan fingerprint density at radius 1 is 0.729 bits per heavy atom. The predicted molar refractivity (Wildman–Crippen MR) is 238 cm³/mol. The monoisotopic (exact) mass is 994 g/mol. The molecule has 302 valence electrons. The SMILES string of the molecule is NS(=O)(=O)c1ccc(NC(=O)CSc2nnc(Br)n2-c2ccc(C3CC3)c3ccccc23)c(Cl)c1.O=C(O)CSc1nnc(Br)n1-c1ccc(C2CC2)c2ccccc12. The van der Waals surface area contributed by atoms with Crippen molar-refractivity contribution in [1.29, 1.82) is 0 Å². The van der Waals surface area contributed by atoms with E-state index in [9.17, 15) is 18.0 Å². The summed E-state index contributed by atoms with van der Waals surface area (Å²) in [6, 6.07) is 28.9. The third kappa shape index (κ3) is 9.23. The maximum atomic E-state index is 12.6. The Hall–Kier alpha value is -4.30. The summed E-state index contributed by atoms with van der Waals surface area (Å²) < 4.78 is 27.8. The number of thioether (sulfide) groups is 2. The van der Waals surface area contributed by atoms with Gasteiger partial charge in [0.15, 0.2) is 10.3 Å². The number of sulfonamides is 1. The van der Waals surface area contributed by atoms with E-state index in [1.165, 1.54) is 77.5 Å². The molecular formula is C40H33Br2ClN8O5S3. The minimum Gasteiger partial charge on any atom is -0.481 e. The lowest BCUT2D eigenvalue weighted by Crippen LogP contribution is -2.16. The smallest absolute Gasteiger partial charge is 0.313 e. The molecule has 7 aromatic rings. The quantitative estimate of drug-likeness (QED) is 0.0990. The maximum absolute atomic E-state index is 12.6. The number of anilines is 1. The second-order valence-electron chi connectivity index (χ2n) is 13.9. The molecular weight excluding hydrogens is 964 g/mol. The van der Waals surface area contributed by atoms with Crippen LogP contribution < -0.4 is 10.5 Å². The maximum Gasteiger partial charge on any atom is 0.313 e. The molecule has 2 aromatic heterocycles. The molecule has 2 fully saturated rings. The second kappa shape index (κ2) is 17.4. The van der Waals surface area contributed by atoms with Crippen LogP contribution in [0.3, 0.4) is 0 Å². The van der Waals surface area contributed by atoms with Crippen molar-refractivity contribution in [1.82, 2.24) is 29.5 Å². The van der Waals surface area contributed by atoms with Crippen LogP contribution in [0.5, 0.6) is 0 Å². The first-order chi connectivity index (χ1) is 28.4. The number of aromatic nitrogens is 6. The van der Waals surface area contributed by atoms with Crippen LogP contribution in [0.25, 0.3) is 32.9 Å². The number of nitrogens with one attached hydrogen (secondary N) is 1. The van der Waals surface area contributed by atoms with Crippen LogP contribution in [0.4, 0.5) is 5.69 Å². The molecule has 2 aliphatic rings. The van der Waals surface area contributed by atoms with E-state index in [-0.39, 0.29) is 33.0 Å². The first-order valence-corrected chi connectivity index (χ1v) is 23.7. The number of carboxylic acids is 1. The molecule has 0 unspecified atom stereocenters. The zero-order chi connectivity index (χ0) is 41.4. The van der Waals surface area contributed by atoms with Gasteiger partial charge in [0.1, 0.15) is 0 Å². The molecule has 0 bridgehead atoms. The Morgan fingerprint density at radius 3 is 1.64 bits per heavy atom. The van der Waals surface area contributed by atoms with Crippen LogP contribution in [0.2, 0.25) is 5.02 Å². The van der Waals surface area contributed by atoms with Gasteiger partial charge in [-0.1, -0.05) is 95.8 Å². The molecule has 0 aliphatic heterocycles. The largest absolute Gasteiger partial charge is 0.481 e. The molecule has 2 aliphatic carbocycles. The highest BCUT2D eigenvalue weighted by Crippen LogP contribution is 2.46. The fraction of sp³-hybridized carbons (Fsp3) is 0.200. The van der Waals surface area contributed by atoms with E-state index in [4.69, 9.17) is 21.8 Å². The number of nitrogens with two attached hydrogens (primary N) is 1. The topological polar surface area (TPSA) is 188 Å². The highest BCUT2D eigenvalue weighted by molar-refractivity contribution is 9.10. The molecule has 59 heavy (non-hydrogen) atoms. The van der Waals surface area contributed by atoms with Crippen LogP contribution in [-0.4, -0.2) is 66.4 Å². The summed E-state index contributed by atoms with van der Waals surface area (Å²) in [6.45, 7) is 0. The number of fused-ring (bicyclic) bond motifs is 2. The fourth-order valence-electron chi connectivity index (χ4n) is 6.82. The average Bonchev–Trinajstić information content (AvgIpc) is 4.16. The molecule has 5 aromatic carbocycles. The van der Waals surface area contributed by atoms with Crippen molar-refractivity contribution < 1.29 is 23.1 Å². The Morgan fingerprint density at radius 2 is 1.20 bits per heavy atom. The van der Waals surface area contributed by atoms with Gasteiger partial charge in [0.05, 0.1) is 38.5 Å². The van der Waals surface area contributed by atoms with Gasteiger partial charge in [-0.25, -0.2) is 13.6 Å². The van der Waals surface area contributed by atoms with Gasteiger partial charge in [0.25, 0.3) is 0 Å². The molecule has 1 amide bonds. The van der Waals surface area contributed by atoms with Crippen molar-refractivity contribution in [3.63, 3.8) is 0 Å². The molecule has 0 spiro atoms. The standard InChI is InChI=1S/C23H19BrClN5O3S2.C17H14BrN3O2S/c24-22-28-29-23(34-12-21(31)27-19-9-7-14(11-18(19)25)35(26,32)33)30(22)20-10-8-15(13-5-6-13)16-3-1-2-4-17(16)20;18-16-19-20-17(24-9-15(22)23)21(16)14-8-7-11(10-5-6-10)12-3-1-2-4-13(12)14/h1-4,7-11,13H,5-6,12H2,(H,27,31)(H2,26,32,33);1-4,7-8,10H,5-6,9H2,(H,22,23). The lowest BCUT2D eigenvalue weighted by atomic mass is 9.99. The van der Waals surface area contributed by atoms with Crippen molar-refractivity contribution in [2.75, 3.05) is 16.8 Å². The van der Waals surface area contributed by atoms with Crippen molar-refractivity contribution in [2.45, 2.75) is 52.7 Å². The Bertz CT molecular complexity index is 2880. The molecule has 13 nitrogen and oxygen atoms in total. The molecule has 2 heterocycles. The van der Waals surface area contributed by atoms with Crippen LogP contribution in [-0.2, 0) is 19.6 Å². The van der Waals surface area contributed by atoms with Crippen molar-refractivity contribution in [2.24, 2.45) is 5.14 Å². The Kier molecular flexibility index (Phi) is 12.2. The van der Waals surface area contributed by atoms with Gasteiger partial charge in [-0.15, -0.1) is 20.4 Å². The molecule has 0 saturated heterocycles. The van der Waals surface area contributed by atoms with Crippen LogP contribution in [0.15, 0.2) is 116 Å². The highest BCUT2D eigenvalue weighted by Gasteiger charge is 2.28. The van der Waals surface area contributed by atoms with Gasteiger partial charge in [-0.05, 0) is 122 Å². The predicted octanol–water partition coefficient (Wildman–Crippen LogP) is 9.33. The summed E-state index contributed by atoms with van der Waals surface area (Å²) in [4.78, 5) is 23.4. The summed E-state index contributed by atoms with van der Waals surface area (Å²) in [5.41, 5.74) is 4.91. The second-order valence-corrected chi connectivity index (χ2v) is 19.1. The number of carbonyl (C=O) groups excluding carboxylic acids is 1. The number of rotatable bonds is 12. The average molecular weight is 997 g/mol. The summed E-state index contributed by atoms with van der Waals surface area (Å²) >= 11 is 15.4. The third-order valence-corrected chi connectivity index (χ3v) is 13.9. The zero-order valence-corrected chi connectivity index (χ0v) is 37.1. The van der Waals surface area contributed by atoms with E-state index >= 15 is 0 Å². The minimum atomic E-state index is -3.89. The molecule has 4 N–H and O–H groups in total. The Balaban J connectivity index is 0.000000176. The first kappa shape index (κ1) is 41.4. The number of primary sulfonamides is 1. The van der Waals surface area contributed by atoms with E-state index in [0.29, 0.717) is 31.6 Å². The van der Waals surface area contributed by atoms with Gasteiger partial charge >= 0.3 is 5.97 Å². The summed E-state index contributed by atoms with van der Waals surface area (Å²) in [5, 5.41) is 39.2. The Labute approximate surface area is 368 Å². The number of carbonyl (C=O) groups is 2. The lowest BCUT2D eigenvalue weighted by Gasteiger charge is -2.14. The first-order valence-electron chi connectivity index (χ1n) is 18.2. The van der Waals surface area contributed by atoms with Crippen LogP contribution in [0, 0.1) is 0 Å². The summed E-state index contributed by atoms with van der Waals surface area (Å²) in [6.07, 6.45) is 4.92. The van der Waals surface area contributed by atoms with Gasteiger partial charge in [-0.2, -0.15) is 0 Å². The van der Waals surface area contributed by atoms with E-state index < -0.39 is 16.0 Å². The molecule has 0 radical (unpaired) electrons. The van der Waals surface area contributed by atoms with E-state index in [0.717, 1.165) is 33.9 Å². The zero-order valence-electron chi connectivity index (χ0n) is 30.8. The number of nitrogens with zero attached hydrogens (tertiary/aromatic N) is 6. The fourth-order valence-corrected chi connectivity index (χ4v) is 10.2. The number of amides is 1. The summed E-state index contributed by atoms with van der Waals surface area (Å²) in [7, 11) is -3.89. The molecule has 19 heteroatoms. The third-order valence-electron chi connectivity index (χ3n) is 9.77. The lowest BCUT2D eigenvalue weighted by molar-refractivity contribution is -0.133. The number of benzene rings is 5. The van der Waals surface area contributed by atoms with Crippen LogP contribution in [0.1, 0.15) is 48.6 Å². The number of carboxylic acid groups (broad SMARTS) is 1. The van der Waals surface area contributed by atoms with Gasteiger partial charge in [-0.3, -0.25) is 18.7 Å². The van der Waals surface area contributed by atoms with Gasteiger partial charge in [0.2, 0.25) is 25.4 Å². The van der Waals surface area contributed by atoms with E-state index in [1.54, 1.807) is 0 Å². The van der Waals surface area contributed by atoms with Crippen molar-refractivity contribution in [3.8, 4) is 11.4 Å². The molecule has 9 rings (SSSR count). The van der Waals surface area contributed by atoms with Crippen molar-refractivity contribution >= 4 is 116 Å². The van der Waals surface area contributed by atoms with E-state index in [1.807, 2.05) is 27.3 Å². The molecule has 2 saturated carbocycles. The summed E-state index contributed by atoms with van der Waals surface area (Å²) in [5.74, 6) is 0.0510. The van der Waals surface area contributed by atoms with Gasteiger partial charge in [0, 0.05) is 10.8 Å². The molecule has 0 atom stereocenters. The number of halogens is 3. The normalized spacial score (nSPS) is 14.0. The number of aliphatic carboxylic acids is 1. The number of hydrogen-bond donors (Lipinski definition) is 3. The highest BCUT2D eigenvalue weighted by atomic mass is 79.9. The van der Waals surface area contributed by atoms with Crippen LogP contribution >= 0.6 is 67.0 Å². The van der Waals surface area contributed by atoms with Gasteiger partial charge < -0.3 is 10.4 Å². The number of hydrogen-bond acceptors (Lipinski definition) is 10. The van der Waals surface area contributed by atoms with E-state index in [2.05, 4.69) is 112 Å². The van der Waals surface area contributed by atoms with Crippen molar-refractivity contribution in [3.05, 3.63) is 117 Å².